The number of rotatable bonds is 7. The van der Waals surface area contributed by atoms with Gasteiger partial charge in [-0.05, 0) is 56.3 Å². The lowest BCUT2D eigenvalue weighted by molar-refractivity contribution is -0.419. The van der Waals surface area contributed by atoms with Gasteiger partial charge in [0.2, 0.25) is 5.82 Å². The molecule has 0 atom stereocenters. The van der Waals surface area contributed by atoms with E-state index in [1.54, 1.807) is 44.2 Å². The lowest BCUT2D eigenvalue weighted by Crippen LogP contribution is -2.17. The van der Waals surface area contributed by atoms with Gasteiger partial charge < -0.3 is 10.1 Å². The predicted octanol–water partition coefficient (Wildman–Crippen LogP) is 6.69. The largest absolute Gasteiger partial charge is 0.457 e. The van der Waals surface area contributed by atoms with Gasteiger partial charge in [0.15, 0.2) is 5.03 Å². The van der Waals surface area contributed by atoms with E-state index in [1.165, 1.54) is 4.68 Å². The molecule has 0 spiro atoms. The van der Waals surface area contributed by atoms with E-state index < -0.39 is 20.1 Å². The van der Waals surface area contributed by atoms with Gasteiger partial charge in [-0.25, -0.2) is 4.68 Å². The lowest BCUT2D eigenvalue weighted by atomic mass is 10.3. The molecular formula is C21H17Cl3N4O3. The van der Waals surface area contributed by atoms with Gasteiger partial charge in [-0.1, -0.05) is 53.0 Å². The maximum atomic E-state index is 11.8. The summed E-state index contributed by atoms with van der Waals surface area (Å²) in [5.41, 5.74) is 1.34. The summed E-state index contributed by atoms with van der Waals surface area (Å²) in [6.07, 6.45) is 0. The van der Waals surface area contributed by atoms with Crippen LogP contribution in [0.25, 0.3) is 5.82 Å². The van der Waals surface area contributed by atoms with E-state index in [0.29, 0.717) is 28.6 Å². The molecule has 0 unspecified atom stereocenters. The first-order valence-corrected chi connectivity index (χ1v) is 10.1. The van der Waals surface area contributed by atoms with Crippen LogP contribution in [-0.2, 0) is 0 Å². The van der Waals surface area contributed by atoms with Crippen LogP contribution in [0.5, 0.6) is 11.5 Å². The maximum Gasteiger partial charge on any atom is 0.332 e. The number of benzene rings is 2. The summed E-state index contributed by atoms with van der Waals surface area (Å²) in [5.74, 6) is 1.29. The quantitative estimate of drug-likeness (QED) is 0.232. The molecule has 0 saturated carbocycles. The second-order valence-corrected chi connectivity index (χ2v) is 7.76. The van der Waals surface area contributed by atoms with Crippen LogP contribution in [0.15, 0.2) is 75.9 Å². The molecule has 0 aliphatic rings. The fourth-order valence-electron chi connectivity index (χ4n) is 2.80. The van der Waals surface area contributed by atoms with Gasteiger partial charge in [0, 0.05) is 11.4 Å². The van der Waals surface area contributed by atoms with E-state index in [0.717, 1.165) is 0 Å². The van der Waals surface area contributed by atoms with E-state index in [-0.39, 0.29) is 5.82 Å². The Morgan fingerprint density at radius 1 is 1.03 bits per heavy atom. The molecule has 3 aromatic rings. The van der Waals surface area contributed by atoms with E-state index in [1.807, 2.05) is 30.3 Å². The number of ether oxygens (including phenoxy) is 1. The molecule has 7 nitrogen and oxygen atoms in total. The van der Waals surface area contributed by atoms with Crippen LogP contribution >= 0.6 is 34.8 Å². The summed E-state index contributed by atoms with van der Waals surface area (Å²) in [6.45, 7) is 3.53. The molecule has 0 aliphatic heterocycles. The minimum absolute atomic E-state index is 0.00359. The van der Waals surface area contributed by atoms with Crippen molar-refractivity contribution in [2.75, 3.05) is 5.32 Å². The smallest absolute Gasteiger partial charge is 0.332 e. The second-order valence-electron chi connectivity index (χ2n) is 6.43. The van der Waals surface area contributed by atoms with Gasteiger partial charge in [0.05, 0.1) is 10.6 Å². The average molecular weight is 480 g/mol. The Balaban J connectivity index is 2.01. The van der Waals surface area contributed by atoms with Crippen molar-refractivity contribution < 1.29 is 9.66 Å². The Bertz CT molecular complexity index is 1150. The normalized spacial score (nSPS) is 11.5. The SMILES string of the molecule is Cc1cc(C)n(C(Nc2ccc(Oc3ccccc3)cc2)=C(C(Cl)=C(Cl)Cl)[N+](=O)[O-])n1. The lowest BCUT2D eigenvalue weighted by Gasteiger charge is -2.14. The number of nitro groups is 1. The highest BCUT2D eigenvalue weighted by molar-refractivity contribution is 6.59. The van der Waals surface area contributed by atoms with Crippen LogP contribution in [-0.4, -0.2) is 14.7 Å². The summed E-state index contributed by atoms with van der Waals surface area (Å²) in [4.78, 5) is 11.2. The van der Waals surface area contributed by atoms with E-state index >= 15 is 0 Å². The third-order valence-corrected chi connectivity index (χ3v) is 5.04. The Kier molecular flexibility index (Phi) is 7.22. The number of allylic oxidation sites excluding steroid dienone is 1. The number of nitrogens with one attached hydrogen (secondary N) is 1. The summed E-state index contributed by atoms with van der Waals surface area (Å²) in [5, 5.41) is 18.8. The van der Waals surface area contributed by atoms with Crippen molar-refractivity contribution in [2.45, 2.75) is 13.8 Å². The number of aryl methyl sites for hydroxylation is 2. The first-order valence-electron chi connectivity index (χ1n) is 8.99. The van der Waals surface area contributed by atoms with E-state index in [9.17, 15) is 10.1 Å². The summed E-state index contributed by atoms with van der Waals surface area (Å²) < 4.78 is 6.72. The molecule has 10 heteroatoms. The molecule has 1 heterocycles. The van der Waals surface area contributed by atoms with Crippen LogP contribution < -0.4 is 10.1 Å². The van der Waals surface area contributed by atoms with Crippen molar-refractivity contribution in [3.63, 3.8) is 0 Å². The highest BCUT2D eigenvalue weighted by atomic mass is 35.5. The Morgan fingerprint density at radius 2 is 1.65 bits per heavy atom. The van der Waals surface area contributed by atoms with Crippen molar-refractivity contribution >= 4 is 46.3 Å². The minimum Gasteiger partial charge on any atom is -0.457 e. The Labute approximate surface area is 193 Å². The number of halogens is 3. The number of para-hydroxylation sites is 1. The Hall–Kier alpha value is -3.00. The third kappa shape index (κ3) is 5.58. The van der Waals surface area contributed by atoms with E-state index in [4.69, 9.17) is 39.5 Å². The molecule has 0 bridgehead atoms. The van der Waals surface area contributed by atoms with Gasteiger partial charge in [0.1, 0.15) is 16.0 Å². The highest BCUT2D eigenvalue weighted by Crippen LogP contribution is 2.31. The molecule has 160 valence electrons. The fourth-order valence-corrected chi connectivity index (χ4v) is 3.13. The summed E-state index contributed by atoms with van der Waals surface area (Å²) >= 11 is 17.6. The zero-order valence-electron chi connectivity index (χ0n) is 16.5. The molecule has 0 saturated heterocycles. The van der Waals surface area contributed by atoms with Crippen molar-refractivity contribution in [3.8, 4) is 11.5 Å². The number of anilines is 1. The zero-order valence-corrected chi connectivity index (χ0v) is 18.7. The van der Waals surface area contributed by atoms with Gasteiger partial charge in [-0.2, -0.15) is 5.10 Å². The number of nitrogens with zero attached hydrogens (tertiary/aromatic N) is 3. The van der Waals surface area contributed by atoms with E-state index in [2.05, 4.69) is 10.4 Å². The van der Waals surface area contributed by atoms with Gasteiger partial charge >= 0.3 is 5.70 Å². The summed E-state index contributed by atoms with van der Waals surface area (Å²) in [7, 11) is 0. The molecule has 2 aromatic carbocycles. The first-order chi connectivity index (χ1) is 14.8. The van der Waals surface area contributed by atoms with Crippen LogP contribution in [0.1, 0.15) is 11.4 Å². The third-order valence-electron chi connectivity index (χ3n) is 4.10. The van der Waals surface area contributed by atoms with Gasteiger partial charge in [-0.3, -0.25) is 10.1 Å². The van der Waals surface area contributed by atoms with Crippen molar-refractivity contribution in [3.05, 3.63) is 97.4 Å². The number of hydrogen-bond acceptors (Lipinski definition) is 5. The highest BCUT2D eigenvalue weighted by Gasteiger charge is 2.28. The van der Waals surface area contributed by atoms with Gasteiger partial charge in [0.25, 0.3) is 0 Å². The fraction of sp³-hybridized carbons (Fsp3) is 0.0952. The molecule has 0 radical (unpaired) electrons. The van der Waals surface area contributed by atoms with Crippen molar-refractivity contribution in [2.24, 2.45) is 0 Å². The summed E-state index contributed by atoms with van der Waals surface area (Å²) in [6, 6.07) is 18.0. The molecule has 0 aliphatic carbocycles. The van der Waals surface area contributed by atoms with Crippen LogP contribution in [0.2, 0.25) is 0 Å². The molecule has 0 fully saturated rings. The molecule has 1 aromatic heterocycles. The monoisotopic (exact) mass is 478 g/mol. The molecule has 3 rings (SSSR count). The molecule has 31 heavy (non-hydrogen) atoms. The molecular weight excluding hydrogens is 463 g/mol. The molecule has 0 amide bonds. The standard InChI is InChI=1S/C21H17Cl3N4O3/c1-13-12-14(2)27(26-13)21(19(28(29)30)18(22)20(23)24)25-15-8-10-17(11-9-15)31-16-6-4-3-5-7-16/h3-12,25H,1-2H3. The van der Waals surface area contributed by atoms with Crippen LogP contribution in [0.3, 0.4) is 0 Å². The minimum atomic E-state index is -0.668. The number of hydrogen-bond donors (Lipinski definition) is 1. The van der Waals surface area contributed by atoms with Gasteiger partial charge in [-0.15, -0.1) is 0 Å². The Morgan fingerprint density at radius 3 is 2.16 bits per heavy atom. The average Bonchev–Trinajstić information content (AvgIpc) is 3.07. The zero-order chi connectivity index (χ0) is 22.5. The topological polar surface area (TPSA) is 82.2 Å². The van der Waals surface area contributed by atoms with Crippen molar-refractivity contribution in [1.29, 1.82) is 0 Å². The predicted molar refractivity (Wildman–Crippen MR) is 123 cm³/mol. The van der Waals surface area contributed by atoms with Crippen LogP contribution in [0.4, 0.5) is 5.69 Å². The second kappa shape index (κ2) is 9.87. The first kappa shape index (κ1) is 22.7. The van der Waals surface area contributed by atoms with Crippen LogP contribution in [0, 0.1) is 24.0 Å². The van der Waals surface area contributed by atoms with Crippen molar-refractivity contribution in [1.82, 2.24) is 9.78 Å². The number of aromatic nitrogens is 2. The maximum absolute atomic E-state index is 11.8. The molecule has 1 N–H and O–H groups in total.